The van der Waals surface area contributed by atoms with Crippen molar-refractivity contribution < 1.29 is 9.59 Å². The van der Waals surface area contributed by atoms with Crippen LogP contribution < -0.4 is 10.6 Å². The molecule has 2 aromatic rings. The summed E-state index contributed by atoms with van der Waals surface area (Å²) in [7, 11) is 2.13. The lowest BCUT2D eigenvalue weighted by molar-refractivity contribution is -0.117. The fourth-order valence-electron chi connectivity index (χ4n) is 3.88. The first-order chi connectivity index (χ1) is 14.4. The van der Waals surface area contributed by atoms with Crippen LogP contribution in [0.3, 0.4) is 0 Å². The lowest BCUT2D eigenvalue weighted by Crippen LogP contribution is -2.33. The van der Waals surface area contributed by atoms with Gasteiger partial charge in [-0.15, -0.1) is 0 Å². The fraction of sp³-hybridized carbons (Fsp3) is 0.417. The molecule has 3 rings (SSSR count). The van der Waals surface area contributed by atoms with Gasteiger partial charge in [-0.2, -0.15) is 0 Å². The Morgan fingerprint density at radius 1 is 1.13 bits per heavy atom. The summed E-state index contributed by atoms with van der Waals surface area (Å²) in [5.41, 5.74) is 2.80. The molecule has 2 aromatic carbocycles. The molecule has 1 aliphatic heterocycles. The third kappa shape index (κ3) is 6.15. The Morgan fingerprint density at radius 2 is 1.93 bits per heavy atom. The molecule has 1 saturated heterocycles. The largest absolute Gasteiger partial charge is 0.324 e. The van der Waals surface area contributed by atoms with Gasteiger partial charge in [0, 0.05) is 18.8 Å². The third-order valence-electron chi connectivity index (χ3n) is 5.57. The van der Waals surface area contributed by atoms with Crippen molar-refractivity contribution in [3.63, 3.8) is 0 Å². The molecule has 0 aromatic heterocycles. The average molecular weight is 409 g/mol. The Balaban J connectivity index is 1.58. The maximum atomic E-state index is 12.8. The second kappa shape index (κ2) is 10.4. The Morgan fingerprint density at radius 3 is 2.70 bits per heavy atom. The van der Waals surface area contributed by atoms with E-state index >= 15 is 0 Å². The maximum Gasteiger partial charge on any atom is 0.257 e. The van der Waals surface area contributed by atoms with Crippen molar-refractivity contribution in [2.75, 3.05) is 50.4 Å². The molecule has 1 fully saturated rings. The molecule has 160 valence electrons. The second-order valence-electron chi connectivity index (χ2n) is 8.16. The summed E-state index contributed by atoms with van der Waals surface area (Å²) in [5, 5.41) is 5.84. The zero-order valence-electron chi connectivity index (χ0n) is 18.1. The minimum absolute atomic E-state index is 0.0877. The quantitative estimate of drug-likeness (QED) is 0.702. The van der Waals surface area contributed by atoms with E-state index in [1.165, 1.54) is 0 Å². The molecule has 0 aliphatic carbocycles. The van der Waals surface area contributed by atoms with E-state index < -0.39 is 0 Å². The monoisotopic (exact) mass is 408 g/mol. The SMILES string of the molecule is CCN(C)C[C@@H]1CCN(CC(=O)Nc2ccccc2C(=O)Nc2cccc(C)c2)C1. The highest BCUT2D eigenvalue weighted by atomic mass is 16.2. The van der Waals surface area contributed by atoms with Gasteiger partial charge in [-0.1, -0.05) is 31.2 Å². The van der Waals surface area contributed by atoms with Crippen molar-refractivity contribution >= 4 is 23.2 Å². The summed E-state index contributed by atoms with van der Waals surface area (Å²) in [4.78, 5) is 29.9. The van der Waals surface area contributed by atoms with E-state index in [9.17, 15) is 9.59 Å². The van der Waals surface area contributed by atoms with Crippen LogP contribution in [0.2, 0.25) is 0 Å². The molecule has 6 heteroatoms. The molecule has 2 amide bonds. The topological polar surface area (TPSA) is 64.7 Å². The van der Waals surface area contributed by atoms with E-state index in [1.807, 2.05) is 37.3 Å². The highest BCUT2D eigenvalue weighted by molar-refractivity contribution is 6.10. The molecule has 1 heterocycles. The van der Waals surface area contributed by atoms with Crippen LogP contribution in [0.1, 0.15) is 29.3 Å². The molecular formula is C24H32N4O2. The minimum Gasteiger partial charge on any atom is -0.324 e. The van der Waals surface area contributed by atoms with Crippen LogP contribution in [0.15, 0.2) is 48.5 Å². The van der Waals surface area contributed by atoms with Crippen LogP contribution in [-0.2, 0) is 4.79 Å². The van der Waals surface area contributed by atoms with Crippen molar-refractivity contribution in [2.24, 2.45) is 5.92 Å². The Hall–Kier alpha value is -2.70. The minimum atomic E-state index is -0.236. The van der Waals surface area contributed by atoms with Crippen LogP contribution in [0.5, 0.6) is 0 Å². The van der Waals surface area contributed by atoms with Gasteiger partial charge in [-0.25, -0.2) is 0 Å². The molecule has 0 unspecified atom stereocenters. The average Bonchev–Trinajstić information content (AvgIpc) is 3.14. The second-order valence-corrected chi connectivity index (χ2v) is 8.16. The van der Waals surface area contributed by atoms with Crippen molar-refractivity contribution in [1.82, 2.24) is 9.80 Å². The van der Waals surface area contributed by atoms with Crippen LogP contribution in [0, 0.1) is 12.8 Å². The first-order valence-electron chi connectivity index (χ1n) is 10.6. The van der Waals surface area contributed by atoms with E-state index in [0.29, 0.717) is 23.7 Å². The summed E-state index contributed by atoms with van der Waals surface area (Å²) in [6.45, 7) is 8.47. The zero-order chi connectivity index (χ0) is 21.5. The number of amides is 2. The first kappa shape index (κ1) is 22.0. The number of likely N-dealkylation sites (tertiary alicyclic amines) is 1. The first-order valence-corrected chi connectivity index (χ1v) is 10.6. The molecular weight excluding hydrogens is 376 g/mol. The van der Waals surface area contributed by atoms with Gasteiger partial charge in [0.2, 0.25) is 5.91 Å². The smallest absolute Gasteiger partial charge is 0.257 e. The highest BCUT2D eigenvalue weighted by Gasteiger charge is 2.25. The van der Waals surface area contributed by atoms with Gasteiger partial charge < -0.3 is 15.5 Å². The maximum absolute atomic E-state index is 12.8. The molecule has 0 bridgehead atoms. The summed E-state index contributed by atoms with van der Waals surface area (Å²) < 4.78 is 0. The Labute approximate surface area is 179 Å². The number of nitrogens with zero attached hydrogens (tertiary/aromatic N) is 2. The predicted molar refractivity (Wildman–Crippen MR) is 122 cm³/mol. The number of carbonyl (C=O) groups excluding carboxylic acids is 2. The van der Waals surface area contributed by atoms with Crippen molar-refractivity contribution in [1.29, 1.82) is 0 Å². The van der Waals surface area contributed by atoms with E-state index in [-0.39, 0.29) is 11.8 Å². The van der Waals surface area contributed by atoms with E-state index in [1.54, 1.807) is 18.2 Å². The lowest BCUT2D eigenvalue weighted by atomic mass is 10.1. The van der Waals surface area contributed by atoms with E-state index in [2.05, 4.69) is 34.4 Å². The summed E-state index contributed by atoms with van der Waals surface area (Å²) in [6.07, 6.45) is 1.12. The van der Waals surface area contributed by atoms with E-state index in [0.717, 1.165) is 43.9 Å². The highest BCUT2D eigenvalue weighted by Crippen LogP contribution is 2.20. The summed E-state index contributed by atoms with van der Waals surface area (Å²) in [6, 6.07) is 14.8. The van der Waals surface area contributed by atoms with Crippen LogP contribution in [0.4, 0.5) is 11.4 Å². The standard InChI is InChI=1S/C24H32N4O2/c1-4-27(3)15-19-12-13-28(16-19)17-23(29)26-22-11-6-5-10-21(22)24(30)25-20-9-7-8-18(2)14-20/h5-11,14,19H,4,12-13,15-17H2,1-3H3,(H,25,30)(H,26,29)/t19-/m0/s1. The zero-order valence-corrected chi connectivity index (χ0v) is 18.1. The number of carbonyl (C=O) groups is 2. The molecule has 1 aliphatic rings. The van der Waals surface area contributed by atoms with Crippen LogP contribution in [0.25, 0.3) is 0 Å². The molecule has 0 saturated carbocycles. The predicted octanol–water partition coefficient (Wildman–Crippen LogP) is 3.46. The van der Waals surface area contributed by atoms with Crippen molar-refractivity contribution in [3.8, 4) is 0 Å². The number of nitrogens with one attached hydrogen (secondary N) is 2. The Kier molecular flexibility index (Phi) is 7.60. The van der Waals surface area contributed by atoms with Crippen LogP contribution in [-0.4, -0.2) is 61.4 Å². The number of hydrogen-bond acceptors (Lipinski definition) is 4. The van der Waals surface area contributed by atoms with Gasteiger partial charge in [-0.05, 0) is 69.2 Å². The number of rotatable bonds is 8. The third-order valence-corrected chi connectivity index (χ3v) is 5.57. The van der Waals surface area contributed by atoms with Gasteiger partial charge in [0.1, 0.15) is 0 Å². The molecule has 0 radical (unpaired) electrons. The lowest BCUT2D eigenvalue weighted by Gasteiger charge is -2.20. The molecule has 0 spiro atoms. The Bertz CT molecular complexity index is 883. The number of anilines is 2. The molecule has 30 heavy (non-hydrogen) atoms. The van der Waals surface area contributed by atoms with Gasteiger partial charge >= 0.3 is 0 Å². The van der Waals surface area contributed by atoms with Gasteiger partial charge in [-0.3, -0.25) is 14.5 Å². The van der Waals surface area contributed by atoms with Gasteiger partial charge in [0.25, 0.3) is 5.91 Å². The van der Waals surface area contributed by atoms with E-state index in [4.69, 9.17) is 0 Å². The van der Waals surface area contributed by atoms with Gasteiger partial charge in [0.15, 0.2) is 0 Å². The number of para-hydroxylation sites is 1. The normalized spacial score (nSPS) is 16.6. The molecule has 2 N–H and O–H groups in total. The number of aryl methyl sites for hydroxylation is 1. The molecule has 1 atom stereocenters. The number of hydrogen-bond donors (Lipinski definition) is 2. The molecule has 6 nitrogen and oxygen atoms in total. The van der Waals surface area contributed by atoms with Crippen molar-refractivity contribution in [2.45, 2.75) is 20.3 Å². The number of benzene rings is 2. The van der Waals surface area contributed by atoms with Crippen LogP contribution >= 0.6 is 0 Å². The van der Waals surface area contributed by atoms with Crippen molar-refractivity contribution in [3.05, 3.63) is 59.7 Å². The fourth-order valence-corrected chi connectivity index (χ4v) is 3.88. The van der Waals surface area contributed by atoms with Gasteiger partial charge in [0.05, 0.1) is 17.8 Å². The summed E-state index contributed by atoms with van der Waals surface area (Å²) >= 11 is 0. The summed E-state index contributed by atoms with van der Waals surface area (Å²) in [5.74, 6) is 0.283.